The minimum atomic E-state index is -0.400. The van der Waals surface area contributed by atoms with Crippen molar-refractivity contribution >= 4 is 17.4 Å². The van der Waals surface area contributed by atoms with E-state index in [1.807, 2.05) is 6.92 Å². The molecule has 2 aliphatic rings. The molecule has 0 aliphatic carbocycles. The summed E-state index contributed by atoms with van der Waals surface area (Å²) in [6.45, 7) is 2.77. The van der Waals surface area contributed by atoms with E-state index in [-0.39, 0.29) is 38.1 Å². The Hall–Kier alpha value is -3.52. The highest BCUT2D eigenvalue weighted by Crippen LogP contribution is 2.35. The van der Waals surface area contributed by atoms with Gasteiger partial charge in [-0.05, 0) is 42.3 Å². The third-order valence-electron chi connectivity index (χ3n) is 5.19. The summed E-state index contributed by atoms with van der Waals surface area (Å²) in [4.78, 5) is 29.5. The third kappa shape index (κ3) is 3.94. The monoisotopic (exact) mass is 424 g/mol. The number of ether oxygens (including phenoxy) is 3. The van der Waals surface area contributed by atoms with Crippen LogP contribution < -0.4 is 14.2 Å². The molecule has 2 aliphatic heterocycles. The summed E-state index contributed by atoms with van der Waals surface area (Å²) in [6.07, 6.45) is 0. The zero-order chi connectivity index (χ0) is 22.0. The van der Waals surface area contributed by atoms with E-state index in [0.29, 0.717) is 35.0 Å². The molecule has 2 aromatic carbocycles. The number of carbonyl (C=O) groups excluding carboxylic acids is 2. The normalized spacial score (nSPS) is 15.1. The topological polar surface area (TPSA) is 88.5 Å². The van der Waals surface area contributed by atoms with Crippen molar-refractivity contribution in [2.75, 3.05) is 33.6 Å². The number of aliphatic hydroxyl groups is 1. The van der Waals surface area contributed by atoms with Crippen LogP contribution >= 0.6 is 0 Å². The number of hydrogen-bond donors (Lipinski definition) is 1. The number of amides is 2. The van der Waals surface area contributed by atoms with Gasteiger partial charge in [0.2, 0.25) is 6.79 Å². The van der Waals surface area contributed by atoms with E-state index in [4.69, 9.17) is 14.2 Å². The molecular formula is C23H24N2O6. The van der Waals surface area contributed by atoms with Gasteiger partial charge in [-0.2, -0.15) is 0 Å². The highest BCUT2D eigenvalue weighted by atomic mass is 16.7. The maximum absolute atomic E-state index is 13.4. The Balaban J connectivity index is 1.66. The number of rotatable bonds is 8. The zero-order valence-corrected chi connectivity index (χ0v) is 17.5. The van der Waals surface area contributed by atoms with Crippen LogP contribution in [0.3, 0.4) is 0 Å². The number of fused-ring (bicyclic) bond motifs is 1. The van der Waals surface area contributed by atoms with Crippen LogP contribution in [0.4, 0.5) is 0 Å². The van der Waals surface area contributed by atoms with Crippen LogP contribution in [0.1, 0.15) is 18.1 Å². The molecular weight excluding hydrogens is 400 g/mol. The van der Waals surface area contributed by atoms with Gasteiger partial charge in [-0.3, -0.25) is 14.5 Å². The van der Waals surface area contributed by atoms with Gasteiger partial charge in [0.15, 0.2) is 11.5 Å². The molecule has 162 valence electrons. The molecule has 2 heterocycles. The average Bonchev–Trinajstić information content (AvgIpc) is 3.32. The molecule has 0 saturated carbocycles. The fourth-order valence-corrected chi connectivity index (χ4v) is 3.69. The summed E-state index contributed by atoms with van der Waals surface area (Å²) >= 11 is 0. The Morgan fingerprint density at radius 1 is 1.06 bits per heavy atom. The maximum Gasteiger partial charge on any atom is 0.278 e. The predicted octanol–water partition coefficient (Wildman–Crippen LogP) is 2.02. The quantitative estimate of drug-likeness (QED) is 0.649. The molecule has 31 heavy (non-hydrogen) atoms. The van der Waals surface area contributed by atoms with Crippen molar-refractivity contribution in [3.8, 4) is 17.2 Å². The van der Waals surface area contributed by atoms with Gasteiger partial charge in [-0.15, -0.1) is 0 Å². The number of nitrogens with zero attached hydrogens (tertiary/aromatic N) is 2. The summed E-state index contributed by atoms with van der Waals surface area (Å²) in [5, 5.41) is 9.38. The molecule has 4 rings (SSSR count). The van der Waals surface area contributed by atoms with E-state index in [9.17, 15) is 14.7 Å². The molecule has 0 atom stereocenters. The van der Waals surface area contributed by atoms with Crippen LogP contribution in [0.25, 0.3) is 5.57 Å². The lowest BCUT2D eigenvalue weighted by molar-refractivity contribution is -0.138. The maximum atomic E-state index is 13.4. The van der Waals surface area contributed by atoms with E-state index in [1.165, 1.54) is 4.90 Å². The summed E-state index contributed by atoms with van der Waals surface area (Å²) < 4.78 is 16.2. The Bertz CT molecular complexity index is 1030. The Morgan fingerprint density at radius 3 is 2.52 bits per heavy atom. The zero-order valence-electron chi connectivity index (χ0n) is 17.5. The fraction of sp³-hybridized carbons (Fsp3) is 0.304. The molecule has 0 fully saturated rings. The number of carbonyl (C=O) groups is 2. The molecule has 1 N–H and O–H groups in total. The molecule has 0 unspecified atom stereocenters. The van der Waals surface area contributed by atoms with Crippen LogP contribution in [0.2, 0.25) is 0 Å². The molecule has 8 heteroatoms. The Morgan fingerprint density at radius 2 is 1.81 bits per heavy atom. The van der Waals surface area contributed by atoms with E-state index in [1.54, 1.807) is 54.4 Å². The molecule has 2 aromatic rings. The van der Waals surface area contributed by atoms with Gasteiger partial charge >= 0.3 is 0 Å². The Kier molecular flexibility index (Phi) is 5.81. The standard InChI is InChI=1S/C23H24N2O6/c1-3-29-17-7-5-16(6-8-17)20-21(24(2)10-11-26)23(28)25(22(20)27)13-15-4-9-18-19(12-15)31-14-30-18/h4-9,12,26H,3,10-11,13-14H2,1-2H3. The van der Waals surface area contributed by atoms with Gasteiger partial charge in [0, 0.05) is 13.6 Å². The van der Waals surface area contributed by atoms with Gasteiger partial charge in [0.1, 0.15) is 11.4 Å². The molecule has 8 nitrogen and oxygen atoms in total. The number of benzene rings is 2. The molecule has 0 aromatic heterocycles. The molecule has 0 radical (unpaired) electrons. The second-order valence-electron chi connectivity index (χ2n) is 7.21. The summed E-state index contributed by atoms with van der Waals surface area (Å²) in [5.74, 6) is 1.13. The first-order chi connectivity index (χ1) is 15.0. The van der Waals surface area contributed by atoms with Crippen LogP contribution in [-0.4, -0.2) is 60.3 Å². The van der Waals surface area contributed by atoms with Crippen molar-refractivity contribution in [3.63, 3.8) is 0 Å². The van der Waals surface area contributed by atoms with Crippen LogP contribution in [0.5, 0.6) is 17.2 Å². The second-order valence-corrected chi connectivity index (χ2v) is 7.21. The SMILES string of the molecule is CCOc1ccc(C2=C(N(C)CCO)C(=O)N(Cc3ccc4c(c3)OCO4)C2=O)cc1. The Labute approximate surface area is 180 Å². The number of likely N-dealkylation sites (N-methyl/N-ethyl adjacent to an activating group) is 1. The molecule has 0 saturated heterocycles. The fourth-order valence-electron chi connectivity index (χ4n) is 3.69. The van der Waals surface area contributed by atoms with Crippen LogP contribution in [-0.2, 0) is 16.1 Å². The van der Waals surface area contributed by atoms with Crippen molar-refractivity contribution in [1.82, 2.24) is 9.80 Å². The first-order valence-corrected chi connectivity index (χ1v) is 10.1. The van der Waals surface area contributed by atoms with E-state index >= 15 is 0 Å². The van der Waals surface area contributed by atoms with Crippen molar-refractivity contribution in [1.29, 1.82) is 0 Å². The highest BCUT2D eigenvalue weighted by molar-refractivity contribution is 6.35. The van der Waals surface area contributed by atoms with Crippen LogP contribution in [0.15, 0.2) is 48.2 Å². The lowest BCUT2D eigenvalue weighted by Crippen LogP contribution is -2.34. The van der Waals surface area contributed by atoms with Gasteiger partial charge < -0.3 is 24.2 Å². The van der Waals surface area contributed by atoms with Gasteiger partial charge in [0.25, 0.3) is 11.8 Å². The van der Waals surface area contributed by atoms with Crippen molar-refractivity contribution < 1.29 is 28.9 Å². The van der Waals surface area contributed by atoms with E-state index in [0.717, 1.165) is 5.56 Å². The first-order valence-electron chi connectivity index (χ1n) is 10.1. The minimum Gasteiger partial charge on any atom is -0.494 e. The lowest BCUT2D eigenvalue weighted by atomic mass is 10.0. The first kappa shape index (κ1) is 20.7. The van der Waals surface area contributed by atoms with E-state index in [2.05, 4.69) is 0 Å². The number of hydrogen-bond acceptors (Lipinski definition) is 7. The van der Waals surface area contributed by atoms with E-state index < -0.39 is 5.91 Å². The summed E-state index contributed by atoms with van der Waals surface area (Å²) in [6, 6.07) is 12.4. The molecule has 0 spiro atoms. The summed E-state index contributed by atoms with van der Waals surface area (Å²) in [7, 11) is 1.69. The summed E-state index contributed by atoms with van der Waals surface area (Å²) in [5.41, 5.74) is 1.95. The predicted molar refractivity (Wildman–Crippen MR) is 112 cm³/mol. The van der Waals surface area contributed by atoms with Gasteiger partial charge in [-0.1, -0.05) is 18.2 Å². The van der Waals surface area contributed by atoms with Gasteiger partial charge in [0.05, 0.1) is 25.3 Å². The van der Waals surface area contributed by atoms with Crippen molar-refractivity contribution in [2.45, 2.75) is 13.5 Å². The number of imide groups is 1. The third-order valence-corrected chi connectivity index (χ3v) is 5.19. The van der Waals surface area contributed by atoms with Crippen molar-refractivity contribution in [2.24, 2.45) is 0 Å². The van der Waals surface area contributed by atoms with Crippen molar-refractivity contribution in [3.05, 3.63) is 59.3 Å². The molecule has 2 amide bonds. The minimum absolute atomic E-state index is 0.102. The smallest absolute Gasteiger partial charge is 0.278 e. The van der Waals surface area contributed by atoms with Crippen LogP contribution in [0, 0.1) is 0 Å². The second kappa shape index (κ2) is 8.69. The lowest BCUT2D eigenvalue weighted by Gasteiger charge is -2.20. The van der Waals surface area contributed by atoms with Gasteiger partial charge in [-0.25, -0.2) is 0 Å². The highest BCUT2D eigenvalue weighted by Gasteiger charge is 2.40. The number of aliphatic hydroxyl groups excluding tert-OH is 1. The molecule has 0 bridgehead atoms. The average molecular weight is 424 g/mol. The largest absolute Gasteiger partial charge is 0.494 e.